The molecule has 2 unspecified atom stereocenters. The molecule has 0 aliphatic heterocycles. The molecule has 36 heavy (non-hydrogen) atoms. The highest BCUT2D eigenvalue weighted by Gasteiger charge is 2.18. The number of nitrogens with two attached hydrogens (primary N) is 1. The first-order valence-corrected chi connectivity index (χ1v) is 12.7. The van der Waals surface area contributed by atoms with Gasteiger partial charge in [-0.25, -0.2) is 22.4 Å². The van der Waals surface area contributed by atoms with E-state index in [1.54, 1.807) is 61.7 Å². The molecule has 180 valence electrons. The molecule has 8 nitrogen and oxygen atoms in total. The Morgan fingerprint density at radius 3 is 2.61 bits per heavy atom. The highest BCUT2D eigenvalue weighted by Crippen LogP contribution is 2.28. The number of aliphatic hydroxyl groups excluding tert-OH is 1. The van der Waals surface area contributed by atoms with Crippen molar-refractivity contribution in [1.29, 1.82) is 0 Å². The van der Waals surface area contributed by atoms with E-state index in [4.69, 9.17) is 5.73 Å². The Labute approximate surface area is 208 Å². The van der Waals surface area contributed by atoms with Gasteiger partial charge in [-0.2, -0.15) is 0 Å². The maximum absolute atomic E-state index is 13.1. The Hall–Kier alpha value is -4.23. The number of hydrogen-bond donors (Lipinski definition) is 3. The number of benzene rings is 3. The van der Waals surface area contributed by atoms with Gasteiger partial charge in [-0.1, -0.05) is 30.0 Å². The zero-order valence-corrected chi connectivity index (χ0v) is 20.1. The molecular weight excluding hydrogens is 474 g/mol. The van der Waals surface area contributed by atoms with Crippen molar-refractivity contribution >= 4 is 43.3 Å². The molecule has 0 bridgehead atoms. The molecular formula is C27H23N5O3S. The van der Waals surface area contributed by atoms with Crippen LogP contribution in [0.5, 0.6) is 0 Å². The Balaban J connectivity index is 1.48. The van der Waals surface area contributed by atoms with Gasteiger partial charge in [-0.05, 0) is 61.5 Å². The number of anilines is 2. The van der Waals surface area contributed by atoms with Crippen LogP contribution in [0.1, 0.15) is 12.5 Å². The van der Waals surface area contributed by atoms with Gasteiger partial charge in [-0.15, -0.1) is 0 Å². The second-order valence-electron chi connectivity index (χ2n) is 8.36. The molecule has 0 aliphatic rings. The van der Waals surface area contributed by atoms with Gasteiger partial charge in [0.25, 0.3) is 10.0 Å². The Morgan fingerprint density at radius 1 is 1.03 bits per heavy atom. The van der Waals surface area contributed by atoms with Gasteiger partial charge in [0.15, 0.2) is 0 Å². The highest BCUT2D eigenvalue weighted by atomic mass is 32.2. The average molecular weight is 498 g/mol. The molecule has 0 fully saturated rings. The van der Waals surface area contributed by atoms with Crippen LogP contribution in [0, 0.1) is 11.8 Å². The summed E-state index contributed by atoms with van der Waals surface area (Å²) >= 11 is 0. The fourth-order valence-electron chi connectivity index (χ4n) is 3.77. The summed E-state index contributed by atoms with van der Waals surface area (Å²) in [6.45, 7) is 1.69. The minimum absolute atomic E-state index is 0.226. The number of nitrogens with zero attached hydrogens (tertiary/aromatic N) is 3. The lowest BCUT2D eigenvalue weighted by Gasteiger charge is -2.10. The summed E-state index contributed by atoms with van der Waals surface area (Å²) < 4.78 is 27.5. The highest BCUT2D eigenvalue weighted by molar-refractivity contribution is 7.90. The Morgan fingerprint density at radius 2 is 1.83 bits per heavy atom. The van der Waals surface area contributed by atoms with E-state index in [1.807, 2.05) is 24.3 Å². The van der Waals surface area contributed by atoms with Crippen molar-refractivity contribution in [3.8, 4) is 11.8 Å². The van der Waals surface area contributed by atoms with E-state index < -0.39 is 22.2 Å². The van der Waals surface area contributed by atoms with Gasteiger partial charge in [-0.3, -0.25) is 0 Å². The van der Waals surface area contributed by atoms with Gasteiger partial charge in [0.05, 0.1) is 15.9 Å². The molecule has 0 saturated heterocycles. The lowest BCUT2D eigenvalue weighted by molar-refractivity contribution is 0.207. The molecule has 0 saturated carbocycles. The summed E-state index contributed by atoms with van der Waals surface area (Å²) in [5.41, 5.74) is 8.41. The number of rotatable bonds is 5. The summed E-state index contributed by atoms with van der Waals surface area (Å²) in [5, 5.41) is 14.7. The third kappa shape index (κ3) is 4.53. The number of fused-ring (bicyclic) bond motifs is 2. The SMILES string of the molecule is CC(N)C(O)C#Cc1ccc2ncnc(Nc3ccc4c(ccn4S(=O)(=O)c4ccccc4)c3)c2c1. The zero-order valence-electron chi connectivity index (χ0n) is 19.3. The largest absolute Gasteiger partial charge is 0.379 e. The first-order chi connectivity index (χ1) is 17.3. The van der Waals surface area contributed by atoms with E-state index in [0.29, 0.717) is 16.9 Å². The molecule has 2 atom stereocenters. The number of aliphatic hydroxyl groups is 1. The second-order valence-corrected chi connectivity index (χ2v) is 10.2. The fourth-order valence-corrected chi connectivity index (χ4v) is 5.14. The third-order valence-corrected chi connectivity index (χ3v) is 7.42. The van der Waals surface area contributed by atoms with Crippen molar-refractivity contribution < 1.29 is 13.5 Å². The topological polar surface area (TPSA) is 123 Å². The molecule has 9 heteroatoms. The number of hydrogen-bond acceptors (Lipinski definition) is 7. The Kier molecular flexibility index (Phi) is 6.16. The molecule has 0 radical (unpaired) electrons. The van der Waals surface area contributed by atoms with Gasteiger partial charge in [0.2, 0.25) is 0 Å². The van der Waals surface area contributed by atoms with Gasteiger partial charge < -0.3 is 16.2 Å². The summed E-state index contributed by atoms with van der Waals surface area (Å²) in [7, 11) is -3.71. The lowest BCUT2D eigenvalue weighted by atomic mass is 10.1. The number of aromatic nitrogens is 3. The van der Waals surface area contributed by atoms with Crippen molar-refractivity contribution in [2.75, 3.05) is 5.32 Å². The van der Waals surface area contributed by atoms with Crippen LogP contribution in [-0.2, 0) is 10.0 Å². The summed E-state index contributed by atoms with van der Waals surface area (Å²) in [5.74, 6) is 6.26. The zero-order chi connectivity index (χ0) is 25.3. The maximum Gasteiger partial charge on any atom is 0.268 e. The van der Waals surface area contributed by atoms with E-state index in [-0.39, 0.29) is 4.90 Å². The van der Waals surface area contributed by atoms with Crippen molar-refractivity contribution in [2.24, 2.45) is 5.73 Å². The van der Waals surface area contributed by atoms with Crippen LogP contribution < -0.4 is 11.1 Å². The molecule has 3 aromatic carbocycles. The van der Waals surface area contributed by atoms with Crippen molar-refractivity contribution in [2.45, 2.75) is 24.0 Å². The minimum atomic E-state index is -3.71. The van der Waals surface area contributed by atoms with Crippen LogP contribution in [0.25, 0.3) is 21.8 Å². The molecule has 5 rings (SSSR count). The fraction of sp³-hybridized carbons (Fsp3) is 0.111. The van der Waals surface area contributed by atoms with Gasteiger partial charge >= 0.3 is 0 Å². The molecule has 4 N–H and O–H groups in total. The van der Waals surface area contributed by atoms with Crippen LogP contribution in [-0.4, -0.2) is 39.6 Å². The standard InChI is InChI=1S/C27H23N5O3S/c1-18(28)26(33)12-8-19-7-10-24-23(15-19)27(30-17-29-24)31-21-9-11-25-20(16-21)13-14-32(25)36(34,35)22-5-3-2-4-6-22/h2-7,9-11,13-18,26,33H,28H2,1H3,(H,29,30,31). The summed E-state index contributed by atoms with van der Waals surface area (Å²) in [4.78, 5) is 8.93. The summed E-state index contributed by atoms with van der Waals surface area (Å²) in [6.07, 6.45) is 2.10. The molecule has 0 aliphatic carbocycles. The lowest BCUT2D eigenvalue weighted by Crippen LogP contribution is -2.29. The normalized spacial score (nSPS) is 13.2. The van der Waals surface area contributed by atoms with E-state index in [1.165, 1.54) is 10.3 Å². The first-order valence-electron chi connectivity index (χ1n) is 11.2. The minimum Gasteiger partial charge on any atom is -0.379 e. The van der Waals surface area contributed by atoms with E-state index in [0.717, 1.165) is 22.0 Å². The van der Waals surface area contributed by atoms with E-state index in [2.05, 4.69) is 27.1 Å². The molecule has 0 amide bonds. The molecule has 0 spiro atoms. The summed E-state index contributed by atoms with van der Waals surface area (Å²) in [6, 6.07) is 20.6. The van der Waals surface area contributed by atoms with Crippen LogP contribution in [0.3, 0.4) is 0 Å². The smallest absolute Gasteiger partial charge is 0.268 e. The average Bonchev–Trinajstić information content (AvgIpc) is 3.32. The third-order valence-electron chi connectivity index (χ3n) is 5.71. The van der Waals surface area contributed by atoms with Gasteiger partial charge in [0.1, 0.15) is 18.2 Å². The van der Waals surface area contributed by atoms with Crippen molar-refractivity contribution in [1.82, 2.24) is 13.9 Å². The van der Waals surface area contributed by atoms with E-state index >= 15 is 0 Å². The predicted octanol–water partition coefficient (Wildman–Crippen LogP) is 3.62. The molecule has 2 heterocycles. The van der Waals surface area contributed by atoms with Crippen LogP contribution in [0.4, 0.5) is 11.5 Å². The molecule has 2 aromatic heterocycles. The number of nitrogens with one attached hydrogen (secondary N) is 1. The van der Waals surface area contributed by atoms with Crippen LogP contribution in [0.15, 0.2) is 90.2 Å². The van der Waals surface area contributed by atoms with Crippen molar-refractivity contribution in [3.05, 3.63) is 90.9 Å². The van der Waals surface area contributed by atoms with Crippen LogP contribution in [0.2, 0.25) is 0 Å². The van der Waals surface area contributed by atoms with Crippen molar-refractivity contribution in [3.63, 3.8) is 0 Å². The molecule has 5 aromatic rings. The monoisotopic (exact) mass is 497 g/mol. The van der Waals surface area contributed by atoms with E-state index in [9.17, 15) is 13.5 Å². The maximum atomic E-state index is 13.1. The quantitative estimate of drug-likeness (QED) is 0.317. The second kappa shape index (κ2) is 9.43. The van der Waals surface area contributed by atoms with Crippen LogP contribution >= 0.6 is 0 Å². The van der Waals surface area contributed by atoms with Gasteiger partial charge in [0, 0.05) is 34.3 Å². The Bertz CT molecular complexity index is 1740. The predicted molar refractivity (Wildman–Crippen MR) is 140 cm³/mol. The first kappa shape index (κ1) is 23.5.